The SMILES string of the molecule is CC(C)(C)c1nc2cc(Cl)ccc2s1.CCC(=O)O.NC(=O)S.NC(=O)S. The molecule has 0 atom stereocenters. The maximum atomic E-state index is 9.37. The molecule has 1 aromatic heterocycles. The number of nitrogens with zero attached hydrogens (tertiary/aromatic N) is 1. The summed E-state index contributed by atoms with van der Waals surface area (Å²) >= 11 is 13.9. The number of hydrogen-bond donors (Lipinski definition) is 5. The van der Waals surface area contributed by atoms with Gasteiger partial charge in [0.25, 0.3) is 10.5 Å². The van der Waals surface area contributed by atoms with Crippen LogP contribution in [0.15, 0.2) is 18.2 Å². The molecule has 0 aliphatic heterocycles. The quantitative estimate of drug-likeness (QED) is 0.398. The maximum Gasteiger partial charge on any atom is 0.303 e. The number of halogens is 1. The lowest BCUT2D eigenvalue weighted by molar-refractivity contribution is -0.136. The van der Waals surface area contributed by atoms with E-state index < -0.39 is 16.4 Å². The zero-order valence-corrected chi connectivity index (χ0v) is 18.8. The standard InChI is InChI=1S/C11H12ClNS.C3H6O2.2CH3NOS/c1-11(2,3)10-13-8-6-7(12)4-5-9(8)14-10;1-2-3(4)5;2*2-1(3)4/h4-6H,1-3H3;2H2,1H3,(H,4,5);2*(H3,2,3,4). The largest absolute Gasteiger partial charge is 0.481 e. The van der Waals surface area contributed by atoms with Gasteiger partial charge >= 0.3 is 5.97 Å². The van der Waals surface area contributed by atoms with Crippen LogP contribution in [0.25, 0.3) is 10.2 Å². The number of carboxylic acid groups (broad SMARTS) is 1. The normalized spacial score (nSPS) is 9.59. The fourth-order valence-electron chi connectivity index (χ4n) is 1.22. The van der Waals surface area contributed by atoms with Crippen LogP contribution in [0.4, 0.5) is 9.59 Å². The van der Waals surface area contributed by atoms with Gasteiger partial charge in [0, 0.05) is 16.9 Å². The summed E-state index contributed by atoms with van der Waals surface area (Å²) in [6.07, 6.45) is 0.222. The van der Waals surface area contributed by atoms with Crippen molar-refractivity contribution in [3.63, 3.8) is 0 Å². The topological polar surface area (TPSA) is 136 Å². The van der Waals surface area contributed by atoms with Crippen molar-refractivity contribution in [2.45, 2.75) is 39.5 Å². The Labute approximate surface area is 178 Å². The number of fused-ring (bicyclic) bond motifs is 1. The summed E-state index contributed by atoms with van der Waals surface area (Å²) in [7, 11) is 0. The van der Waals surface area contributed by atoms with Crippen molar-refractivity contribution >= 4 is 74.9 Å². The monoisotopic (exact) mass is 453 g/mol. The van der Waals surface area contributed by atoms with Gasteiger partial charge in [-0.25, -0.2) is 4.98 Å². The Kier molecular flexibility index (Phi) is 14.0. The van der Waals surface area contributed by atoms with E-state index in [4.69, 9.17) is 26.3 Å². The van der Waals surface area contributed by atoms with Crippen LogP contribution < -0.4 is 11.5 Å². The van der Waals surface area contributed by atoms with Crippen LogP contribution in [0.2, 0.25) is 5.02 Å². The first-order valence-electron chi connectivity index (χ1n) is 7.45. The lowest BCUT2D eigenvalue weighted by atomic mass is 9.98. The highest BCUT2D eigenvalue weighted by atomic mass is 35.5. The van der Waals surface area contributed by atoms with Crippen LogP contribution in [0.1, 0.15) is 39.1 Å². The second-order valence-corrected chi connectivity index (χ2v) is 8.15. The zero-order valence-electron chi connectivity index (χ0n) is 15.4. The van der Waals surface area contributed by atoms with Crippen molar-refractivity contribution in [1.82, 2.24) is 4.98 Å². The molecule has 0 spiro atoms. The zero-order chi connectivity index (χ0) is 21.8. The van der Waals surface area contributed by atoms with Crippen LogP contribution in [-0.4, -0.2) is 26.5 Å². The molecule has 0 radical (unpaired) electrons. The van der Waals surface area contributed by atoms with Crippen LogP contribution in [0.5, 0.6) is 0 Å². The predicted molar refractivity (Wildman–Crippen MR) is 118 cm³/mol. The second kappa shape index (κ2) is 13.6. The van der Waals surface area contributed by atoms with E-state index in [-0.39, 0.29) is 11.8 Å². The highest BCUT2D eigenvalue weighted by Gasteiger charge is 2.18. The predicted octanol–water partition coefficient (Wildman–Crippen LogP) is 4.72. The average Bonchev–Trinajstić information content (AvgIpc) is 2.89. The summed E-state index contributed by atoms with van der Waals surface area (Å²) in [6.45, 7) is 8.12. The van der Waals surface area contributed by atoms with Gasteiger partial charge in [-0.05, 0) is 18.2 Å². The Balaban J connectivity index is 0. The number of hydrogen-bond acceptors (Lipinski definition) is 5. The number of rotatable bonds is 1. The lowest BCUT2D eigenvalue weighted by Crippen LogP contribution is -2.09. The molecular formula is C16H24ClN3O4S3. The molecule has 0 bridgehead atoms. The van der Waals surface area contributed by atoms with Crippen LogP contribution >= 0.6 is 48.2 Å². The molecule has 2 amide bonds. The van der Waals surface area contributed by atoms with Crippen LogP contribution in [-0.2, 0) is 10.2 Å². The van der Waals surface area contributed by atoms with Gasteiger partial charge < -0.3 is 16.6 Å². The van der Waals surface area contributed by atoms with E-state index >= 15 is 0 Å². The molecule has 0 saturated heterocycles. The van der Waals surface area contributed by atoms with Gasteiger partial charge in [0.1, 0.15) is 0 Å². The van der Waals surface area contributed by atoms with E-state index in [0.29, 0.717) is 0 Å². The number of amides is 2. The van der Waals surface area contributed by atoms with E-state index in [9.17, 15) is 4.79 Å². The summed E-state index contributed by atoms with van der Waals surface area (Å²) in [5.74, 6) is -0.745. The highest BCUT2D eigenvalue weighted by Crippen LogP contribution is 2.32. The number of carbonyl (C=O) groups is 3. The number of thiazole rings is 1. The maximum absolute atomic E-state index is 9.37. The first-order valence-corrected chi connectivity index (χ1v) is 9.54. The van der Waals surface area contributed by atoms with Crippen molar-refractivity contribution in [1.29, 1.82) is 0 Å². The number of aliphatic carboxylic acids is 1. The van der Waals surface area contributed by atoms with Gasteiger partial charge in [0.15, 0.2) is 0 Å². The molecule has 152 valence electrons. The Morgan fingerprint density at radius 3 is 1.93 bits per heavy atom. The molecule has 0 saturated carbocycles. The fraction of sp³-hybridized carbons (Fsp3) is 0.375. The third kappa shape index (κ3) is 16.4. The van der Waals surface area contributed by atoms with Gasteiger partial charge in [0.05, 0.1) is 15.2 Å². The van der Waals surface area contributed by atoms with Gasteiger partial charge in [-0.15, -0.1) is 11.3 Å². The molecule has 0 aliphatic rings. The molecule has 0 aliphatic carbocycles. The molecule has 2 rings (SSSR count). The molecule has 27 heavy (non-hydrogen) atoms. The Bertz CT molecular complexity index is 741. The number of primary amides is 2. The van der Waals surface area contributed by atoms with E-state index in [2.05, 4.69) is 62.5 Å². The molecule has 2 aromatic rings. The Hall–Kier alpha value is -1.49. The van der Waals surface area contributed by atoms with Gasteiger partial charge in [-0.1, -0.05) is 64.6 Å². The van der Waals surface area contributed by atoms with Gasteiger partial charge in [-0.3, -0.25) is 14.4 Å². The van der Waals surface area contributed by atoms with Crippen molar-refractivity contribution in [3.8, 4) is 0 Å². The fourth-order valence-corrected chi connectivity index (χ4v) is 2.39. The van der Waals surface area contributed by atoms with Gasteiger partial charge in [-0.2, -0.15) is 0 Å². The molecule has 1 heterocycles. The first-order chi connectivity index (χ1) is 12.2. The number of benzene rings is 1. The highest BCUT2D eigenvalue weighted by molar-refractivity contribution is 7.96. The minimum atomic E-state index is -0.745. The molecule has 7 nitrogen and oxygen atoms in total. The first kappa shape index (κ1) is 27.7. The summed E-state index contributed by atoms with van der Waals surface area (Å²) < 4.78 is 1.21. The summed E-state index contributed by atoms with van der Waals surface area (Å²) in [5, 5.41) is 8.36. The molecule has 1 aromatic carbocycles. The van der Waals surface area contributed by atoms with Gasteiger partial charge in [0.2, 0.25) is 0 Å². The molecule has 11 heteroatoms. The number of carboxylic acids is 1. The van der Waals surface area contributed by atoms with Crippen LogP contribution in [0, 0.1) is 0 Å². The van der Waals surface area contributed by atoms with Crippen molar-refractivity contribution in [2.75, 3.05) is 0 Å². The third-order valence-corrected chi connectivity index (χ3v) is 3.99. The Morgan fingerprint density at radius 2 is 1.59 bits per heavy atom. The summed E-state index contributed by atoms with van der Waals surface area (Å²) in [6, 6.07) is 5.86. The van der Waals surface area contributed by atoms with E-state index in [1.54, 1.807) is 18.3 Å². The Morgan fingerprint density at radius 1 is 1.19 bits per heavy atom. The smallest absolute Gasteiger partial charge is 0.303 e. The number of aromatic nitrogens is 1. The van der Waals surface area contributed by atoms with E-state index in [1.165, 1.54) is 4.70 Å². The summed E-state index contributed by atoms with van der Waals surface area (Å²) in [4.78, 5) is 32.1. The minimum absolute atomic E-state index is 0.121. The van der Waals surface area contributed by atoms with Crippen molar-refractivity contribution in [3.05, 3.63) is 28.2 Å². The minimum Gasteiger partial charge on any atom is -0.481 e. The average molecular weight is 454 g/mol. The number of thiol groups is 2. The molecular weight excluding hydrogens is 430 g/mol. The van der Waals surface area contributed by atoms with Crippen LogP contribution in [0.3, 0.4) is 0 Å². The van der Waals surface area contributed by atoms with Crippen molar-refractivity contribution in [2.24, 2.45) is 11.5 Å². The van der Waals surface area contributed by atoms with E-state index in [1.807, 2.05) is 18.2 Å². The molecule has 0 unspecified atom stereocenters. The summed E-state index contributed by atoms with van der Waals surface area (Å²) in [5.41, 5.74) is 9.80. The second-order valence-electron chi connectivity index (χ2n) is 5.80. The molecule has 0 fully saturated rings. The lowest BCUT2D eigenvalue weighted by Gasteiger charge is -2.13. The molecule has 5 N–H and O–H groups in total. The van der Waals surface area contributed by atoms with E-state index in [0.717, 1.165) is 15.5 Å². The number of carbonyl (C=O) groups excluding carboxylic acids is 2. The van der Waals surface area contributed by atoms with Crippen molar-refractivity contribution < 1.29 is 19.5 Å². The number of nitrogens with two attached hydrogens (primary N) is 2. The third-order valence-electron chi connectivity index (χ3n) is 2.29.